The largest absolute Gasteiger partial charge is 0.333 e. The Bertz CT molecular complexity index is 404. The fraction of sp³-hybridized carbons (Fsp3) is 0.500. The van der Waals surface area contributed by atoms with E-state index in [1.807, 2.05) is 6.92 Å². The molecule has 1 aromatic heterocycles. The molecule has 5 nitrogen and oxygen atoms in total. The third kappa shape index (κ3) is 2.34. The van der Waals surface area contributed by atoms with E-state index in [1.165, 1.54) is 4.68 Å². The molecule has 0 spiro atoms. The molecule has 0 saturated heterocycles. The number of nitrogens with one attached hydrogen (secondary N) is 1. The lowest BCUT2D eigenvalue weighted by molar-refractivity contribution is 0.0913. The summed E-state index contributed by atoms with van der Waals surface area (Å²) in [5.41, 5.74) is -0.369. The third-order valence-electron chi connectivity index (χ3n) is 2.40. The Balaban J connectivity index is 2.82. The van der Waals surface area contributed by atoms with Crippen LogP contribution in [0.25, 0.3) is 0 Å². The molecule has 0 aliphatic carbocycles. The Morgan fingerprint density at radius 2 is 2.47 bits per heavy atom. The number of carbonyl (C=O) groups excluding carboxylic acids is 1. The number of amides is 1. The Kier molecular flexibility index (Phi) is 3.10. The lowest BCUT2D eigenvalue weighted by Crippen LogP contribution is -2.44. The second-order valence-corrected chi connectivity index (χ2v) is 3.59. The molecule has 1 heterocycles. The van der Waals surface area contributed by atoms with Gasteiger partial charge in [-0.15, -0.1) is 0 Å². The monoisotopic (exact) mass is 206 g/mol. The van der Waals surface area contributed by atoms with Gasteiger partial charge in [0.1, 0.15) is 11.2 Å². The summed E-state index contributed by atoms with van der Waals surface area (Å²) in [5, 5.41) is 15.5. The van der Waals surface area contributed by atoms with E-state index in [4.69, 9.17) is 5.26 Å². The number of hydrogen-bond acceptors (Lipinski definition) is 3. The molecular formula is C10H14N4O. The van der Waals surface area contributed by atoms with E-state index in [-0.39, 0.29) is 5.91 Å². The van der Waals surface area contributed by atoms with Gasteiger partial charge in [0, 0.05) is 13.2 Å². The van der Waals surface area contributed by atoms with Crippen molar-refractivity contribution < 1.29 is 4.79 Å². The van der Waals surface area contributed by atoms with E-state index in [0.29, 0.717) is 12.1 Å². The van der Waals surface area contributed by atoms with Crippen molar-refractivity contribution in [3.63, 3.8) is 0 Å². The molecule has 5 heteroatoms. The van der Waals surface area contributed by atoms with Crippen LogP contribution in [0, 0.1) is 11.3 Å². The number of carbonyl (C=O) groups is 1. The standard InChI is InChI=1S/C10H14N4O/c1-4-10(2,7-11)13-9(15)8-5-6-12-14(8)3/h5-6H,4H2,1-3H3,(H,13,15). The number of rotatable bonds is 3. The van der Waals surface area contributed by atoms with Gasteiger partial charge in [0.05, 0.1) is 6.07 Å². The van der Waals surface area contributed by atoms with Gasteiger partial charge in [-0.3, -0.25) is 9.48 Å². The summed E-state index contributed by atoms with van der Waals surface area (Å²) < 4.78 is 1.47. The molecule has 0 bridgehead atoms. The predicted molar refractivity (Wildman–Crippen MR) is 55.0 cm³/mol. The quantitative estimate of drug-likeness (QED) is 0.796. The molecule has 1 amide bonds. The summed E-state index contributed by atoms with van der Waals surface area (Å²) in [6.45, 7) is 3.55. The van der Waals surface area contributed by atoms with E-state index in [9.17, 15) is 4.79 Å². The van der Waals surface area contributed by atoms with Gasteiger partial charge >= 0.3 is 0 Å². The van der Waals surface area contributed by atoms with E-state index >= 15 is 0 Å². The average Bonchev–Trinajstić information content (AvgIpc) is 2.64. The number of aryl methyl sites for hydroxylation is 1. The maximum Gasteiger partial charge on any atom is 0.270 e. The molecule has 1 aromatic rings. The third-order valence-corrected chi connectivity index (χ3v) is 2.40. The van der Waals surface area contributed by atoms with Crippen LogP contribution in [0.5, 0.6) is 0 Å². The van der Waals surface area contributed by atoms with Crippen molar-refractivity contribution >= 4 is 5.91 Å². The van der Waals surface area contributed by atoms with Crippen LogP contribution in [0.2, 0.25) is 0 Å². The summed E-state index contributed by atoms with van der Waals surface area (Å²) in [7, 11) is 1.69. The molecular weight excluding hydrogens is 192 g/mol. The number of nitrogens with zero attached hydrogens (tertiary/aromatic N) is 3. The first kappa shape index (κ1) is 11.2. The lowest BCUT2D eigenvalue weighted by atomic mass is 10.0. The van der Waals surface area contributed by atoms with Crippen molar-refractivity contribution in [3.8, 4) is 6.07 Å². The highest BCUT2D eigenvalue weighted by molar-refractivity contribution is 5.93. The van der Waals surface area contributed by atoms with Crippen LogP contribution in [0.4, 0.5) is 0 Å². The van der Waals surface area contributed by atoms with Gasteiger partial charge in [-0.25, -0.2) is 0 Å². The van der Waals surface area contributed by atoms with E-state index in [1.54, 1.807) is 26.2 Å². The zero-order valence-corrected chi connectivity index (χ0v) is 9.11. The summed E-state index contributed by atoms with van der Waals surface area (Å²) in [4.78, 5) is 11.7. The second kappa shape index (κ2) is 4.13. The lowest BCUT2D eigenvalue weighted by Gasteiger charge is -2.20. The van der Waals surface area contributed by atoms with Gasteiger partial charge in [-0.1, -0.05) is 6.92 Å². The summed E-state index contributed by atoms with van der Waals surface area (Å²) in [6.07, 6.45) is 2.11. The molecule has 0 aromatic carbocycles. The van der Waals surface area contributed by atoms with Gasteiger partial charge in [-0.2, -0.15) is 10.4 Å². The van der Waals surface area contributed by atoms with Crippen LogP contribution in [0.1, 0.15) is 30.8 Å². The smallest absolute Gasteiger partial charge is 0.270 e. The normalized spacial score (nSPS) is 14.0. The van der Waals surface area contributed by atoms with Crippen LogP contribution < -0.4 is 5.32 Å². The minimum Gasteiger partial charge on any atom is -0.333 e. The molecule has 0 aliphatic rings. The summed E-state index contributed by atoms with van der Waals surface area (Å²) in [6, 6.07) is 3.69. The van der Waals surface area contributed by atoms with E-state index in [2.05, 4.69) is 16.5 Å². The molecule has 15 heavy (non-hydrogen) atoms. The van der Waals surface area contributed by atoms with Crippen molar-refractivity contribution in [3.05, 3.63) is 18.0 Å². The minimum atomic E-state index is -0.818. The highest BCUT2D eigenvalue weighted by Gasteiger charge is 2.25. The number of hydrogen-bond donors (Lipinski definition) is 1. The first-order valence-corrected chi connectivity index (χ1v) is 4.74. The average molecular weight is 206 g/mol. The topological polar surface area (TPSA) is 70.7 Å². The molecule has 1 atom stereocenters. The fourth-order valence-electron chi connectivity index (χ4n) is 1.11. The molecule has 1 N–H and O–H groups in total. The van der Waals surface area contributed by atoms with Crippen LogP contribution >= 0.6 is 0 Å². The Morgan fingerprint density at radius 3 is 2.87 bits per heavy atom. The molecule has 1 unspecified atom stereocenters. The van der Waals surface area contributed by atoms with Crippen molar-refractivity contribution in [2.45, 2.75) is 25.8 Å². The predicted octanol–water partition coefficient (Wildman–Crippen LogP) is 0.842. The van der Waals surface area contributed by atoms with E-state index < -0.39 is 5.54 Å². The van der Waals surface area contributed by atoms with Gasteiger partial charge in [-0.05, 0) is 19.4 Å². The molecule has 80 valence electrons. The highest BCUT2D eigenvalue weighted by Crippen LogP contribution is 2.08. The maximum absolute atomic E-state index is 11.7. The Labute approximate surface area is 88.7 Å². The van der Waals surface area contributed by atoms with Gasteiger partial charge < -0.3 is 5.32 Å². The fourth-order valence-corrected chi connectivity index (χ4v) is 1.11. The molecule has 0 saturated carbocycles. The van der Waals surface area contributed by atoms with E-state index in [0.717, 1.165) is 0 Å². The number of nitriles is 1. The van der Waals surface area contributed by atoms with Crippen molar-refractivity contribution in [2.75, 3.05) is 0 Å². The van der Waals surface area contributed by atoms with Crippen molar-refractivity contribution in [1.82, 2.24) is 15.1 Å². The Morgan fingerprint density at radius 1 is 1.80 bits per heavy atom. The van der Waals surface area contributed by atoms with Crippen molar-refractivity contribution in [2.24, 2.45) is 7.05 Å². The van der Waals surface area contributed by atoms with Crippen molar-refractivity contribution in [1.29, 1.82) is 5.26 Å². The van der Waals surface area contributed by atoms with Gasteiger partial charge in [0.2, 0.25) is 0 Å². The van der Waals surface area contributed by atoms with Crippen LogP contribution in [0.15, 0.2) is 12.3 Å². The molecule has 1 rings (SSSR count). The second-order valence-electron chi connectivity index (χ2n) is 3.59. The minimum absolute atomic E-state index is 0.277. The summed E-state index contributed by atoms with van der Waals surface area (Å²) in [5.74, 6) is -0.277. The zero-order valence-electron chi connectivity index (χ0n) is 9.11. The molecule has 0 fully saturated rings. The first-order chi connectivity index (χ1) is 7.02. The highest BCUT2D eigenvalue weighted by atomic mass is 16.2. The van der Waals surface area contributed by atoms with Crippen LogP contribution in [-0.2, 0) is 7.05 Å². The molecule has 0 aliphatic heterocycles. The SMILES string of the molecule is CCC(C)(C#N)NC(=O)c1ccnn1C. The molecule has 0 radical (unpaired) electrons. The zero-order chi connectivity index (χ0) is 11.5. The maximum atomic E-state index is 11.7. The van der Waals surface area contributed by atoms with Crippen LogP contribution in [-0.4, -0.2) is 21.2 Å². The summed E-state index contributed by atoms with van der Waals surface area (Å²) >= 11 is 0. The van der Waals surface area contributed by atoms with Gasteiger partial charge in [0.25, 0.3) is 5.91 Å². The van der Waals surface area contributed by atoms with Gasteiger partial charge in [0.15, 0.2) is 0 Å². The van der Waals surface area contributed by atoms with Crippen LogP contribution in [0.3, 0.4) is 0 Å². The Hall–Kier alpha value is -1.83. The number of aromatic nitrogens is 2. The first-order valence-electron chi connectivity index (χ1n) is 4.74.